The van der Waals surface area contributed by atoms with Gasteiger partial charge in [0.25, 0.3) is 5.69 Å². The van der Waals surface area contributed by atoms with Crippen molar-refractivity contribution in [2.75, 3.05) is 0 Å². The van der Waals surface area contributed by atoms with E-state index in [4.69, 9.17) is 14.5 Å². The van der Waals surface area contributed by atoms with Crippen LogP contribution in [0.2, 0.25) is 0 Å². The average Bonchev–Trinajstić information content (AvgIpc) is 3.40. The number of hydrogen-bond acceptors (Lipinski definition) is 7. The highest BCUT2D eigenvalue weighted by Gasteiger charge is 2.30. The third kappa shape index (κ3) is 4.98. The summed E-state index contributed by atoms with van der Waals surface area (Å²) in [5.74, 6) is -0.412. The van der Waals surface area contributed by atoms with Crippen LogP contribution >= 0.6 is 0 Å². The normalized spacial score (nSPS) is 14.5. The van der Waals surface area contributed by atoms with Gasteiger partial charge in [-0.3, -0.25) is 15.1 Å². The third-order valence-electron chi connectivity index (χ3n) is 8.41. The topological polar surface area (TPSA) is 124 Å². The number of aliphatic imine (C=N–C) groups is 1. The molecule has 222 valence electrons. The Labute approximate surface area is 257 Å². The van der Waals surface area contributed by atoms with E-state index in [1.165, 1.54) is 12.1 Å². The van der Waals surface area contributed by atoms with Crippen molar-refractivity contribution in [1.82, 2.24) is 9.78 Å². The molecule has 45 heavy (non-hydrogen) atoms. The van der Waals surface area contributed by atoms with E-state index in [9.17, 15) is 20.0 Å². The molecular weight excluding hydrogens is 568 g/mol. The van der Waals surface area contributed by atoms with Crippen LogP contribution in [0.3, 0.4) is 0 Å². The Bertz CT molecular complexity index is 2220. The lowest BCUT2D eigenvalue weighted by Gasteiger charge is -2.17. The first-order valence-corrected chi connectivity index (χ1v) is 14.6. The lowest BCUT2D eigenvalue weighted by molar-refractivity contribution is -0.384. The number of rotatable bonds is 5. The molecular formula is C36H28N4O5. The van der Waals surface area contributed by atoms with E-state index in [0.717, 1.165) is 27.9 Å². The van der Waals surface area contributed by atoms with Crippen molar-refractivity contribution in [2.45, 2.75) is 32.6 Å². The van der Waals surface area contributed by atoms with Crippen molar-refractivity contribution in [1.29, 1.82) is 0 Å². The van der Waals surface area contributed by atoms with Crippen LogP contribution in [0.5, 0.6) is 5.75 Å². The summed E-state index contributed by atoms with van der Waals surface area (Å²) < 4.78 is 7.59. The molecule has 1 aliphatic rings. The summed E-state index contributed by atoms with van der Waals surface area (Å²) in [6.45, 7) is 3.70. The van der Waals surface area contributed by atoms with Gasteiger partial charge in [0.1, 0.15) is 16.9 Å². The van der Waals surface area contributed by atoms with E-state index >= 15 is 0 Å². The molecule has 2 aromatic heterocycles. The molecule has 9 heteroatoms. The summed E-state index contributed by atoms with van der Waals surface area (Å²) in [6.07, 6.45) is 2.78. The van der Waals surface area contributed by atoms with E-state index < -0.39 is 10.5 Å². The Morgan fingerprint density at radius 3 is 2.49 bits per heavy atom. The molecule has 0 spiro atoms. The maximum atomic E-state index is 13.6. The second-order valence-electron chi connectivity index (χ2n) is 11.3. The van der Waals surface area contributed by atoms with Gasteiger partial charge in [-0.1, -0.05) is 60.7 Å². The second-order valence-corrected chi connectivity index (χ2v) is 11.3. The highest BCUT2D eigenvalue weighted by molar-refractivity contribution is 6.08. The standard InChI is InChI=1S/C36H28N4O5/c1-21-15-16-22(2)35-31(21)34(41)32(36(42)45-35)30-19-25(17-23-9-6-7-14-29(23)37-30)28-20-39(26-11-4-3-5-12-26)38-33(28)24-10-8-13-27(18-24)40(43)44/h3-16,18,20,25,41H,17,19H2,1-2H3. The Morgan fingerprint density at radius 2 is 1.69 bits per heavy atom. The molecule has 0 saturated carbocycles. The second kappa shape index (κ2) is 11.0. The molecule has 1 atom stereocenters. The number of aromatic nitrogens is 2. The summed E-state index contributed by atoms with van der Waals surface area (Å²) in [5.41, 5.74) is 6.13. The molecule has 1 unspecified atom stereocenters. The Balaban J connectivity index is 1.44. The van der Waals surface area contributed by atoms with Crippen LogP contribution in [0.15, 0.2) is 111 Å². The molecule has 1 N–H and O–H groups in total. The number of hydrogen-bond donors (Lipinski definition) is 1. The van der Waals surface area contributed by atoms with Crippen molar-refractivity contribution in [3.63, 3.8) is 0 Å². The minimum absolute atomic E-state index is 0.0326. The van der Waals surface area contributed by atoms with Gasteiger partial charge < -0.3 is 9.52 Å². The van der Waals surface area contributed by atoms with Crippen LogP contribution in [-0.4, -0.2) is 25.5 Å². The molecule has 0 radical (unpaired) electrons. The number of aromatic hydroxyl groups is 1. The van der Waals surface area contributed by atoms with Gasteiger partial charge in [0.05, 0.1) is 33.1 Å². The van der Waals surface area contributed by atoms with Gasteiger partial charge >= 0.3 is 5.63 Å². The molecule has 1 aliphatic heterocycles. The summed E-state index contributed by atoms with van der Waals surface area (Å²) in [5, 5.41) is 28.7. The molecule has 6 aromatic rings. The maximum absolute atomic E-state index is 13.6. The van der Waals surface area contributed by atoms with Gasteiger partial charge in [0, 0.05) is 29.5 Å². The van der Waals surface area contributed by atoms with Crippen molar-refractivity contribution >= 4 is 28.1 Å². The average molecular weight is 597 g/mol. The molecule has 9 nitrogen and oxygen atoms in total. The first kappa shape index (κ1) is 28.0. The molecule has 0 saturated heterocycles. The van der Waals surface area contributed by atoms with Crippen molar-refractivity contribution in [3.05, 3.63) is 146 Å². The summed E-state index contributed by atoms with van der Waals surface area (Å²) in [4.78, 5) is 29.8. The van der Waals surface area contributed by atoms with Crippen LogP contribution in [0.4, 0.5) is 11.4 Å². The molecule has 0 aliphatic carbocycles. The quantitative estimate of drug-likeness (QED) is 0.123. The molecule has 3 heterocycles. The minimum atomic E-state index is -0.663. The summed E-state index contributed by atoms with van der Waals surface area (Å²) >= 11 is 0. The zero-order valence-electron chi connectivity index (χ0n) is 24.6. The van der Waals surface area contributed by atoms with Crippen molar-refractivity contribution < 1.29 is 14.4 Å². The van der Waals surface area contributed by atoms with Crippen LogP contribution in [0.25, 0.3) is 27.9 Å². The van der Waals surface area contributed by atoms with Crippen LogP contribution in [-0.2, 0) is 6.42 Å². The number of aryl methyl sites for hydroxylation is 2. The molecule has 4 aromatic carbocycles. The van der Waals surface area contributed by atoms with E-state index in [-0.39, 0.29) is 29.3 Å². The first-order valence-electron chi connectivity index (χ1n) is 14.6. The summed E-state index contributed by atoms with van der Waals surface area (Å²) in [7, 11) is 0. The Morgan fingerprint density at radius 1 is 0.933 bits per heavy atom. The van der Waals surface area contributed by atoms with E-state index in [1.54, 1.807) is 10.7 Å². The van der Waals surface area contributed by atoms with Crippen LogP contribution < -0.4 is 5.63 Å². The van der Waals surface area contributed by atoms with Gasteiger partial charge in [-0.2, -0.15) is 5.10 Å². The monoisotopic (exact) mass is 596 g/mol. The van der Waals surface area contributed by atoms with Crippen molar-refractivity contribution in [2.24, 2.45) is 4.99 Å². The van der Waals surface area contributed by atoms with E-state index in [1.807, 2.05) is 92.8 Å². The predicted octanol–water partition coefficient (Wildman–Crippen LogP) is 7.73. The number of para-hydroxylation sites is 2. The molecule has 0 amide bonds. The number of nitro benzene ring substituents is 1. The smallest absolute Gasteiger partial charge is 0.349 e. The lowest BCUT2D eigenvalue weighted by Crippen LogP contribution is -2.18. The van der Waals surface area contributed by atoms with Crippen LogP contribution in [0.1, 0.15) is 40.2 Å². The fourth-order valence-electron chi connectivity index (χ4n) is 6.15. The first-order chi connectivity index (χ1) is 21.8. The number of non-ortho nitro benzene ring substituents is 1. The van der Waals surface area contributed by atoms with Gasteiger partial charge in [0.2, 0.25) is 0 Å². The molecule has 0 fully saturated rings. The van der Waals surface area contributed by atoms with Crippen molar-refractivity contribution in [3.8, 4) is 22.7 Å². The Hall–Kier alpha value is -5.83. The zero-order chi connectivity index (χ0) is 31.2. The minimum Gasteiger partial charge on any atom is -0.506 e. The van der Waals surface area contributed by atoms with Crippen LogP contribution in [0, 0.1) is 24.0 Å². The number of benzene rings is 4. The van der Waals surface area contributed by atoms with E-state index in [0.29, 0.717) is 40.0 Å². The molecule has 7 rings (SSSR count). The summed E-state index contributed by atoms with van der Waals surface area (Å²) in [6, 6.07) is 27.5. The highest BCUT2D eigenvalue weighted by Crippen LogP contribution is 2.41. The van der Waals surface area contributed by atoms with Gasteiger partial charge in [-0.15, -0.1) is 0 Å². The highest BCUT2D eigenvalue weighted by atomic mass is 16.6. The van der Waals surface area contributed by atoms with E-state index in [2.05, 4.69) is 0 Å². The number of nitro groups is 1. The van der Waals surface area contributed by atoms with Gasteiger partial charge in [-0.05, 0) is 67.5 Å². The number of nitrogens with zero attached hydrogens (tertiary/aromatic N) is 4. The maximum Gasteiger partial charge on any atom is 0.349 e. The zero-order valence-corrected chi connectivity index (χ0v) is 24.6. The predicted molar refractivity (Wildman–Crippen MR) is 173 cm³/mol. The number of fused-ring (bicyclic) bond motifs is 2. The SMILES string of the molecule is Cc1ccc(C)c2c(O)c(C3=Nc4ccccc4CC(c4cn(-c5ccccc5)nc4-c4cccc([N+](=O)[O-])c4)C3)c(=O)oc12. The third-order valence-corrected chi connectivity index (χ3v) is 8.41. The fourth-order valence-corrected chi connectivity index (χ4v) is 6.15. The molecule has 0 bridgehead atoms. The van der Waals surface area contributed by atoms with Gasteiger partial charge in [-0.25, -0.2) is 9.48 Å². The largest absolute Gasteiger partial charge is 0.506 e. The Kier molecular flexibility index (Phi) is 6.85. The lowest BCUT2D eigenvalue weighted by atomic mass is 9.85. The fraction of sp³-hybridized carbons (Fsp3) is 0.139. The van der Waals surface area contributed by atoms with Gasteiger partial charge in [0.15, 0.2) is 0 Å².